The number of amides is 1. The third kappa shape index (κ3) is 4.12. The van der Waals surface area contributed by atoms with E-state index in [0.717, 1.165) is 0 Å². The van der Waals surface area contributed by atoms with Gasteiger partial charge in [0.1, 0.15) is 5.82 Å². The van der Waals surface area contributed by atoms with E-state index in [0.29, 0.717) is 29.8 Å². The number of morpholine rings is 1. The van der Waals surface area contributed by atoms with Crippen LogP contribution in [0.4, 0.5) is 4.39 Å². The fourth-order valence-electron chi connectivity index (χ4n) is 2.57. The van der Waals surface area contributed by atoms with Gasteiger partial charge in [0.2, 0.25) is 11.8 Å². The molecule has 1 amide bonds. The minimum atomic E-state index is -0.326. The molecule has 128 valence electrons. The minimum absolute atomic E-state index is 0.0172. The average molecular weight is 351 g/mol. The predicted octanol–water partition coefficient (Wildman–Crippen LogP) is 2.60. The number of benzene rings is 1. The van der Waals surface area contributed by atoms with Gasteiger partial charge in [-0.25, -0.2) is 4.39 Å². The molecule has 0 radical (unpaired) electrons. The summed E-state index contributed by atoms with van der Waals surface area (Å²) in [5.41, 5.74) is 0.637. The molecule has 8 heteroatoms. The van der Waals surface area contributed by atoms with Gasteiger partial charge in [0.25, 0.3) is 5.22 Å². The van der Waals surface area contributed by atoms with Crippen molar-refractivity contribution in [2.45, 2.75) is 31.3 Å². The number of thioether (sulfide) groups is 1. The summed E-state index contributed by atoms with van der Waals surface area (Å²) in [6, 6.07) is 5.80. The van der Waals surface area contributed by atoms with Crippen LogP contribution in [0.25, 0.3) is 11.5 Å². The SMILES string of the molecule is C[C@@H]1CN(C(=O)CSc2nnc(-c3ccc(F)cc3)o2)C[C@@H](C)O1. The summed E-state index contributed by atoms with van der Waals surface area (Å²) in [6.45, 7) is 5.09. The van der Waals surface area contributed by atoms with Crippen molar-refractivity contribution in [3.05, 3.63) is 30.1 Å². The Morgan fingerprint density at radius 2 is 1.92 bits per heavy atom. The van der Waals surface area contributed by atoms with Gasteiger partial charge in [-0.3, -0.25) is 4.79 Å². The van der Waals surface area contributed by atoms with Gasteiger partial charge in [-0.2, -0.15) is 0 Å². The van der Waals surface area contributed by atoms with Gasteiger partial charge >= 0.3 is 0 Å². The first-order valence-electron chi connectivity index (χ1n) is 7.66. The maximum Gasteiger partial charge on any atom is 0.277 e. The molecule has 1 aliphatic rings. The highest BCUT2D eigenvalue weighted by Crippen LogP contribution is 2.24. The fourth-order valence-corrected chi connectivity index (χ4v) is 3.24. The van der Waals surface area contributed by atoms with E-state index in [1.54, 1.807) is 17.0 Å². The summed E-state index contributed by atoms with van der Waals surface area (Å²) < 4.78 is 24.1. The van der Waals surface area contributed by atoms with Crippen LogP contribution in [0.2, 0.25) is 0 Å². The zero-order chi connectivity index (χ0) is 17.1. The van der Waals surface area contributed by atoms with Gasteiger partial charge in [0, 0.05) is 18.7 Å². The minimum Gasteiger partial charge on any atom is -0.411 e. The Balaban J connectivity index is 1.57. The Morgan fingerprint density at radius 3 is 2.58 bits per heavy atom. The van der Waals surface area contributed by atoms with Crippen molar-refractivity contribution in [1.29, 1.82) is 0 Å². The van der Waals surface area contributed by atoms with E-state index in [-0.39, 0.29) is 29.7 Å². The molecule has 0 unspecified atom stereocenters. The number of carbonyl (C=O) groups is 1. The topological polar surface area (TPSA) is 68.5 Å². The summed E-state index contributed by atoms with van der Waals surface area (Å²) in [6.07, 6.45) is 0.0763. The van der Waals surface area contributed by atoms with Crippen LogP contribution >= 0.6 is 11.8 Å². The van der Waals surface area contributed by atoms with Crippen molar-refractivity contribution in [1.82, 2.24) is 15.1 Å². The normalized spacial score (nSPS) is 21.0. The zero-order valence-corrected chi connectivity index (χ0v) is 14.3. The molecular formula is C16H18FN3O3S. The summed E-state index contributed by atoms with van der Waals surface area (Å²) in [5, 5.41) is 8.16. The van der Waals surface area contributed by atoms with E-state index in [9.17, 15) is 9.18 Å². The Kier molecular flexibility index (Phi) is 5.15. The molecule has 1 fully saturated rings. The molecule has 6 nitrogen and oxygen atoms in total. The van der Waals surface area contributed by atoms with Crippen LogP contribution in [0.3, 0.4) is 0 Å². The molecule has 3 rings (SSSR count). The van der Waals surface area contributed by atoms with E-state index >= 15 is 0 Å². The lowest BCUT2D eigenvalue weighted by molar-refractivity contribution is -0.140. The first-order chi connectivity index (χ1) is 11.5. The van der Waals surface area contributed by atoms with Crippen LogP contribution < -0.4 is 0 Å². The molecule has 2 atom stereocenters. The second kappa shape index (κ2) is 7.31. The molecule has 1 aliphatic heterocycles. The summed E-state index contributed by atoms with van der Waals surface area (Å²) in [4.78, 5) is 14.1. The number of hydrogen-bond acceptors (Lipinski definition) is 6. The largest absolute Gasteiger partial charge is 0.411 e. The van der Waals surface area contributed by atoms with E-state index in [1.807, 2.05) is 13.8 Å². The van der Waals surface area contributed by atoms with Crippen molar-refractivity contribution in [2.75, 3.05) is 18.8 Å². The number of hydrogen-bond donors (Lipinski definition) is 0. The summed E-state index contributed by atoms with van der Waals surface area (Å²) >= 11 is 1.20. The van der Waals surface area contributed by atoms with E-state index in [1.165, 1.54) is 23.9 Å². The molecule has 1 aromatic carbocycles. The number of nitrogens with zero attached hydrogens (tertiary/aromatic N) is 3. The fraction of sp³-hybridized carbons (Fsp3) is 0.438. The molecule has 1 aromatic heterocycles. The molecule has 24 heavy (non-hydrogen) atoms. The Labute approximate surface area is 143 Å². The van der Waals surface area contributed by atoms with Gasteiger partial charge in [-0.15, -0.1) is 10.2 Å². The highest BCUT2D eigenvalue weighted by molar-refractivity contribution is 7.99. The van der Waals surface area contributed by atoms with Crippen LogP contribution in [0, 0.1) is 5.82 Å². The molecular weight excluding hydrogens is 333 g/mol. The van der Waals surface area contributed by atoms with E-state index < -0.39 is 0 Å². The lowest BCUT2D eigenvalue weighted by Gasteiger charge is -2.35. The monoisotopic (exact) mass is 351 g/mol. The average Bonchev–Trinajstić information content (AvgIpc) is 3.01. The number of ether oxygens (including phenoxy) is 1. The van der Waals surface area contributed by atoms with Gasteiger partial charge in [0.15, 0.2) is 0 Å². The lowest BCUT2D eigenvalue weighted by Crippen LogP contribution is -2.48. The van der Waals surface area contributed by atoms with Crippen LogP contribution in [0.1, 0.15) is 13.8 Å². The summed E-state index contributed by atoms with van der Waals surface area (Å²) in [7, 11) is 0. The van der Waals surface area contributed by atoms with Crippen molar-refractivity contribution in [3.8, 4) is 11.5 Å². The molecule has 0 saturated carbocycles. The van der Waals surface area contributed by atoms with Crippen LogP contribution in [0.15, 0.2) is 33.9 Å². The highest BCUT2D eigenvalue weighted by Gasteiger charge is 2.26. The van der Waals surface area contributed by atoms with Crippen molar-refractivity contribution >= 4 is 17.7 Å². The maximum atomic E-state index is 12.9. The van der Waals surface area contributed by atoms with Gasteiger partial charge in [-0.05, 0) is 38.1 Å². The van der Waals surface area contributed by atoms with Crippen LogP contribution in [0.5, 0.6) is 0 Å². The Bertz CT molecular complexity index is 697. The van der Waals surface area contributed by atoms with Crippen LogP contribution in [-0.4, -0.2) is 52.1 Å². The number of carbonyl (C=O) groups excluding carboxylic acids is 1. The molecule has 2 heterocycles. The number of halogens is 1. The second-order valence-corrected chi connectivity index (χ2v) is 6.65. The zero-order valence-electron chi connectivity index (χ0n) is 13.4. The van der Waals surface area contributed by atoms with Gasteiger partial charge in [0.05, 0.1) is 18.0 Å². The maximum absolute atomic E-state index is 12.9. The van der Waals surface area contributed by atoms with Crippen molar-refractivity contribution in [3.63, 3.8) is 0 Å². The first kappa shape index (κ1) is 16.9. The lowest BCUT2D eigenvalue weighted by atomic mass is 10.2. The Hall–Kier alpha value is -1.93. The van der Waals surface area contributed by atoms with Gasteiger partial charge in [-0.1, -0.05) is 11.8 Å². The second-order valence-electron chi connectivity index (χ2n) is 5.72. The quantitative estimate of drug-likeness (QED) is 0.789. The molecule has 1 saturated heterocycles. The summed E-state index contributed by atoms with van der Waals surface area (Å²) in [5.74, 6) is 0.222. The van der Waals surface area contributed by atoms with Crippen molar-refractivity contribution < 1.29 is 18.3 Å². The standard InChI is InChI=1S/C16H18FN3O3S/c1-10-7-20(8-11(2)22-10)14(21)9-24-16-19-18-15(23-16)12-3-5-13(17)6-4-12/h3-6,10-11H,7-9H2,1-2H3/t10-,11-/m1/s1. The van der Waals surface area contributed by atoms with Crippen molar-refractivity contribution in [2.24, 2.45) is 0 Å². The first-order valence-corrected chi connectivity index (χ1v) is 8.65. The molecule has 2 aromatic rings. The number of rotatable bonds is 4. The third-order valence-corrected chi connectivity index (χ3v) is 4.39. The molecule has 0 spiro atoms. The Morgan fingerprint density at radius 1 is 1.25 bits per heavy atom. The molecule has 0 N–H and O–H groups in total. The smallest absolute Gasteiger partial charge is 0.277 e. The molecule has 0 bridgehead atoms. The molecule has 0 aliphatic carbocycles. The third-order valence-electron chi connectivity index (χ3n) is 3.59. The predicted molar refractivity (Wildman–Crippen MR) is 87.0 cm³/mol. The van der Waals surface area contributed by atoms with Gasteiger partial charge < -0.3 is 14.1 Å². The van der Waals surface area contributed by atoms with E-state index in [4.69, 9.17) is 9.15 Å². The highest BCUT2D eigenvalue weighted by atomic mass is 32.2. The van der Waals surface area contributed by atoms with Crippen LogP contribution in [-0.2, 0) is 9.53 Å². The van der Waals surface area contributed by atoms with E-state index in [2.05, 4.69) is 10.2 Å². The number of aromatic nitrogens is 2.